The van der Waals surface area contributed by atoms with Crippen molar-refractivity contribution in [3.8, 4) is 17.2 Å². The van der Waals surface area contributed by atoms with Crippen LogP contribution >= 0.6 is 11.6 Å². The van der Waals surface area contributed by atoms with Gasteiger partial charge in [0.1, 0.15) is 17.1 Å². The minimum atomic E-state index is -5.01. The second kappa shape index (κ2) is 9.27. The lowest BCUT2D eigenvalue weighted by Crippen LogP contribution is -2.33. The van der Waals surface area contributed by atoms with Gasteiger partial charge in [-0.05, 0) is 44.2 Å². The summed E-state index contributed by atoms with van der Waals surface area (Å²) in [4.78, 5) is 15.1. The molecule has 0 unspecified atom stereocenters. The first-order valence-corrected chi connectivity index (χ1v) is 11.1. The molecule has 0 spiro atoms. The smallest absolute Gasteiger partial charge is 0.453 e. The Kier molecular flexibility index (Phi) is 6.59. The number of aromatic hydroxyl groups is 1. The Bertz CT molecular complexity index is 1220. The first kappa shape index (κ1) is 23.4. The molecule has 2 aromatic carbocycles. The number of hydrogen-bond acceptors (Lipinski definition) is 5. The minimum Gasteiger partial charge on any atom is -0.507 e. The van der Waals surface area contributed by atoms with Crippen molar-refractivity contribution < 1.29 is 27.4 Å². The number of nitrogens with zero attached hydrogens (tertiary/aromatic N) is 1. The van der Waals surface area contributed by atoms with Crippen molar-refractivity contribution in [1.82, 2.24) is 4.90 Å². The molecule has 5 nitrogen and oxygen atoms in total. The molecule has 9 heteroatoms. The van der Waals surface area contributed by atoms with E-state index in [0.717, 1.165) is 32.1 Å². The number of para-hydroxylation sites is 1. The Morgan fingerprint density at radius 2 is 1.85 bits per heavy atom. The van der Waals surface area contributed by atoms with Gasteiger partial charge in [0, 0.05) is 12.6 Å². The van der Waals surface area contributed by atoms with E-state index < -0.39 is 23.1 Å². The number of ether oxygens (including phenoxy) is 1. The summed E-state index contributed by atoms with van der Waals surface area (Å²) in [7, 11) is 1.85. The molecule has 1 aliphatic carbocycles. The molecule has 4 rings (SSSR count). The molecule has 0 saturated heterocycles. The quantitative estimate of drug-likeness (QED) is 0.438. The zero-order valence-corrected chi connectivity index (χ0v) is 18.7. The van der Waals surface area contributed by atoms with E-state index in [0.29, 0.717) is 0 Å². The zero-order chi connectivity index (χ0) is 23.8. The monoisotopic (exact) mass is 481 g/mol. The summed E-state index contributed by atoms with van der Waals surface area (Å²) in [6, 6.07) is 8.66. The highest BCUT2D eigenvalue weighted by Gasteiger charge is 2.41. The maximum absolute atomic E-state index is 13.9. The van der Waals surface area contributed by atoms with Crippen LogP contribution in [0.5, 0.6) is 17.2 Å². The van der Waals surface area contributed by atoms with Crippen LogP contribution in [-0.4, -0.2) is 23.1 Å². The highest BCUT2D eigenvalue weighted by molar-refractivity contribution is 6.32. The molecule has 33 heavy (non-hydrogen) atoms. The van der Waals surface area contributed by atoms with E-state index in [9.17, 15) is 23.1 Å². The third kappa shape index (κ3) is 4.82. The molecule has 1 aliphatic rings. The van der Waals surface area contributed by atoms with Gasteiger partial charge in [-0.25, -0.2) is 0 Å². The van der Waals surface area contributed by atoms with E-state index in [1.165, 1.54) is 30.3 Å². The van der Waals surface area contributed by atoms with Crippen molar-refractivity contribution in [2.75, 3.05) is 7.05 Å². The first-order valence-electron chi connectivity index (χ1n) is 10.7. The number of fused-ring (bicyclic) bond motifs is 1. The van der Waals surface area contributed by atoms with Crippen LogP contribution in [0.4, 0.5) is 13.2 Å². The fourth-order valence-corrected chi connectivity index (χ4v) is 4.43. The number of halogens is 4. The number of rotatable bonds is 5. The molecule has 1 heterocycles. The van der Waals surface area contributed by atoms with Crippen LogP contribution in [0.3, 0.4) is 0 Å². The summed E-state index contributed by atoms with van der Waals surface area (Å²) >= 11 is 6.01. The highest BCUT2D eigenvalue weighted by Crippen LogP contribution is 2.41. The largest absolute Gasteiger partial charge is 0.507 e. The van der Waals surface area contributed by atoms with Gasteiger partial charge in [0.2, 0.25) is 11.2 Å². The summed E-state index contributed by atoms with van der Waals surface area (Å²) in [5.41, 5.74) is -1.17. The van der Waals surface area contributed by atoms with Crippen LogP contribution in [-0.2, 0) is 12.7 Å². The topological polar surface area (TPSA) is 62.9 Å². The number of phenolic OH excluding ortho intramolecular Hbond substituents is 1. The Labute approximate surface area is 193 Å². The van der Waals surface area contributed by atoms with Crippen LogP contribution < -0.4 is 10.2 Å². The van der Waals surface area contributed by atoms with Crippen molar-refractivity contribution in [1.29, 1.82) is 0 Å². The molecule has 1 fully saturated rings. The van der Waals surface area contributed by atoms with Gasteiger partial charge in [0.05, 0.1) is 16.0 Å². The lowest BCUT2D eigenvalue weighted by Gasteiger charge is -2.31. The van der Waals surface area contributed by atoms with E-state index >= 15 is 0 Å². The van der Waals surface area contributed by atoms with E-state index in [1.807, 2.05) is 11.9 Å². The van der Waals surface area contributed by atoms with Crippen LogP contribution in [0, 0.1) is 0 Å². The van der Waals surface area contributed by atoms with Gasteiger partial charge in [0.25, 0.3) is 5.76 Å². The Balaban J connectivity index is 1.85. The summed E-state index contributed by atoms with van der Waals surface area (Å²) in [5, 5.41) is 10.4. The molecular formula is C24H23ClF3NO4. The minimum absolute atomic E-state index is 0.0469. The fraction of sp³-hybridized carbons (Fsp3) is 0.375. The lowest BCUT2D eigenvalue weighted by molar-refractivity contribution is -0.154. The Hall–Kier alpha value is -2.71. The number of benzene rings is 2. The zero-order valence-electron chi connectivity index (χ0n) is 17.9. The fourth-order valence-electron chi connectivity index (χ4n) is 4.26. The summed E-state index contributed by atoms with van der Waals surface area (Å²) in [5.74, 6) is -2.92. The Morgan fingerprint density at radius 3 is 2.52 bits per heavy atom. The van der Waals surface area contributed by atoms with Crippen molar-refractivity contribution in [2.45, 2.75) is 50.9 Å². The average Bonchev–Trinajstić information content (AvgIpc) is 2.78. The van der Waals surface area contributed by atoms with Crippen LogP contribution in [0.2, 0.25) is 5.02 Å². The third-order valence-electron chi connectivity index (χ3n) is 6.01. The van der Waals surface area contributed by atoms with Crippen LogP contribution in [0.1, 0.15) is 43.4 Å². The molecule has 0 radical (unpaired) electrons. The van der Waals surface area contributed by atoms with Crippen molar-refractivity contribution in [2.24, 2.45) is 0 Å². The van der Waals surface area contributed by atoms with Gasteiger partial charge in [-0.3, -0.25) is 9.69 Å². The normalized spacial score (nSPS) is 15.3. The lowest BCUT2D eigenvalue weighted by atomic mass is 9.94. The van der Waals surface area contributed by atoms with Crippen molar-refractivity contribution in [3.05, 3.63) is 63.0 Å². The number of phenols is 1. The molecule has 0 bridgehead atoms. The van der Waals surface area contributed by atoms with Gasteiger partial charge in [-0.1, -0.05) is 43.0 Å². The predicted octanol–water partition coefficient (Wildman–Crippen LogP) is 6.73. The molecule has 0 atom stereocenters. The number of hydrogen-bond donors (Lipinski definition) is 1. The van der Waals surface area contributed by atoms with Crippen molar-refractivity contribution >= 4 is 22.6 Å². The van der Waals surface area contributed by atoms with Gasteiger partial charge in [0.15, 0.2) is 0 Å². The summed E-state index contributed by atoms with van der Waals surface area (Å²) in [6.45, 7) is 0.138. The molecule has 1 aromatic heterocycles. The Morgan fingerprint density at radius 1 is 1.15 bits per heavy atom. The maximum atomic E-state index is 13.9. The van der Waals surface area contributed by atoms with Gasteiger partial charge >= 0.3 is 6.18 Å². The SMILES string of the molecule is CN(Cc1c(O)ccc2c(=O)c(Oc3ccccc3Cl)c(C(F)(F)F)oc12)C1CCCCC1. The molecule has 0 aliphatic heterocycles. The molecule has 3 aromatic rings. The van der Waals surface area contributed by atoms with Crippen LogP contribution in [0.25, 0.3) is 11.0 Å². The molecule has 0 amide bonds. The molecule has 1 saturated carbocycles. The van der Waals surface area contributed by atoms with E-state index in [-0.39, 0.29) is 45.6 Å². The van der Waals surface area contributed by atoms with E-state index in [2.05, 4.69) is 0 Å². The van der Waals surface area contributed by atoms with E-state index in [1.54, 1.807) is 6.07 Å². The highest BCUT2D eigenvalue weighted by atomic mass is 35.5. The van der Waals surface area contributed by atoms with Gasteiger partial charge in [-0.2, -0.15) is 13.2 Å². The molecule has 176 valence electrons. The first-order chi connectivity index (χ1) is 15.7. The predicted molar refractivity (Wildman–Crippen MR) is 119 cm³/mol. The second-order valence-corrected chi connectivity index (χ2v) is 8.67. The maximum Gasteiger partial charge on any atom is 0.453 e. The number of alkyl halides is 3. The third-order valence-corrected chi connectivity index (χ3v) is 6.32. The summed E-state index contributed by atoms with van der Waals surface area (Å²) < 4.78 is 52.4. The second-order valence-electron chi connectivity index (χ2n) is 8.27. The van der Waals surface area contributed by atoms with Gasteiger partial charge in [-0.15, -0.1) is 0 Å². The average molecular weight is 482 g/mol. The summed E-state index contributed by atoms with van der Waals surface area (Å²) in [6.07, 6.45) is 0.230. The molecule has 1 N–H and O–H groups in total. The standard InChI is InChI=1S/C24H23ClF3NO4/c1-29(14-7-3-2-4-8-14)13-16-18(30)12-11-15-20(31)22(23(24(26,27)28)33-21(15)16)32-19-10-6-5-9-17(19)25/h5-6,9-12,14,30H,2-4,7-8,13H2,1H3. The van der Waals surface area contributed by atoms with Gasteiger partial charge < -0.3 is 14.3 Å². The van der Waals surface area contributed by atoms with E-state index in [4.69, 9.17) is 20.8 Å². The van der Waals surface area contributed by atoms with Crippen LogP contribution in [0.15, 0.2) is 45.6 Å². The molecular weight excluding hydrogens is 459 g/mol. The van der Waals surface area contributed by atoms with Crippen molar-refractivity contribution in [3.63, 3.8) is 0 Å².